The Morgan fingerprint density at radius 1 is 1.17 bits per heavy atom. The molecule has 0 unspecified atom stereocenters. The molecule has 0 spiro atoms. The quantitative estimate of drug-likeness (QED) is 0.203. The van der Waals surface area contributed by atoms with Gasteiger partial charge in [0.25, 0.3) is 0 Å². The van der Waals surface area contributed by atoms with Crippen LogP contribution < -0.4 is 14.5 Å². The normalized spacial score (nSPS) is 20.5. The van der Waals surface area contributed by atoms with Crippen molar-refractivity contribution >= 4 is 28.2 Å². The lowest BCUT2D eigenvalue weighted by molar-refractivity contribution is -0.130. The predicted molar refractivity (Wildman–Crippen MR) is 185 cm³/mol. The molecule has 3 heterocycles. The fourth-order valence-corrected chi connectivity index (χ4v) is 7.50. The minimum Gasteiger partial charge on any atom is -0.462 e. The standard InChI is InChI=1S/C37H45F2N7O2/c1-7-33(47)46-17-16-45(21-29(46)20-40-5)35-30-14-15-44(32-13-9-12-27-11-8-10-24(2)34(27)32)22-31(30)41-36(42-35)48-23-25(3)43(6)26(4)28-18-37(38,39)19-28/h7-13,25-26,28-29H,1,14-23H2,2-4,6H3/t25-,26+,29-/m0/s1. The molecule has 3 aromatic rings. The lowest BCUT2D eigenvalue weighted by atomic mass is 9.76. The van der Waals surface area contributed by atoms with Gasteiger partial charge in [-0.2, -0.15) is 9.97 Å². The van der Waals surface area contributed by atoms with E-state index in [0.29, 0.717) is 32.8 Å². The molecular formula is C37H45F2N7O2. The van der Waals surface area contributed by atoms with Crippen LogP contribution in [0, 0.1) is 19.4 Å². The van der Waals surface area contributed by atoms with E-state index in [1.54, 1.807) is 4.90 Å². The third kappa shape index (κ3) is 6.68. The molecule has 2 fully saturated rings. The van der Waals surface area contributed by atoms with Crippen LogP contribution in [-0.2, 0) is 17.8 Å². The van der Waals surface area contributed by atoms with Gasteiger partial charge in [0.2, 0.25) is 18.4 Å². The highest BCUT2D eigenvalue weighted by atomic mass is 19.3. The number of halogens is 2. The van der Waals surface area contributed by atoms with E-state index in [0.717, 1.165) is 30.0 Å². The Kier molecular flexibility index (Phi) is 9.57. The predicted octanol–water partition coefficient (Wildman–Crippen LogP) is 5.76. The van der Waals surface area contributed by atoms with E-state index in [1.165, 1.54) is 28.1 Å². The molecule has 254 valence electrons. The Bertz CT molecular complexity index is 1710. The zero-order chi connectivity index (χ0) is 34.2. The molecule has 1 amide bonds. The minimum absolute atomic E-state index is 0.00472. The molecule has 1 saturated heterocycles. The zero-order valence-electron chi connectivity index (χ0n) is 28.3. The number of anilines is 2. The third-order valence-electron chi connectivity index (χ3n) is 10.6. The number of amides is 1. The number of carbonyl (C=O) groups is 1. The fraction of sp³-hybridized carbons (Fsp3) is 0.514. The van der Waals surface area contributed by atoms with E-state index < -0.39 is 5.92 Å². The number of likely N-dealkylation sites (N-methyl/N-ethyl adjacent to an activating group) is 1. The molecule has 1 aliphatic carbocycles. The number of benzene rings is 2. The van der Waals surface area contributed by atoms with Gasteiger partial charge in [-0.3, -0.25) is 9.69 Å². The molecule has 2 aliphatic heterocycles. The summed E-state index contributed by atoms with van der Waals surface area (Å²) in [5.74, 6) is -1.98. The number of rotatable bonds is 10. The van der Waals surface area contributed by atoms with Gasteiger partial charge in [-0.25, -0.2) is 15.4 Å². The third-order valence-corrected chi connectivity index (χ3v) is 10.6. The van der Waals surface area contributed by atoms with Gasteiger partial charge in [-0.15, -0.1) is 0 Å². The maximum absolute atomic E-state index is 13.6. The summed E-state index contributed by atoms with van der Waals surface area (Å²) in [6.07, 6.45) is 1.89. The first-order valence-electron chi connectivity index (χ1n) is 16.9. The van der Waals surface area contributed by atoms with Gasteiger partial charge < -0.3 is 24.3 Å². The van der Waals surface area contributed by atoms with Crippen molar-refractivity contribution in [2.75, 3.05) is 56.2 Å². The topological polar surface area (TPSA) is 69.4 Å². The summed E-state index contributed by atoms with van der Waals surface area (Å²) in [4.78, 5) is 34.6. The van der Waals surface area contributed by atoms with E-state index in [1.807, 2.05) is 20.9 Å². The minimum atomic E-state index is -2.55. The first kappa shape index (κ1) is 33.6. The molecule has 48 heavy (non-hydrogen) atoms. The SMILES string of the molecule is [C-]#[N+]C[C@H]1CN(c2nc(OC[C@H](C)N(C)[C@H](C)C3CC(F)(F)C3)nc3c2CCN(c2cccc4cccc(C)c24)C3)CCN1C(=O)C=C. The van der Waals surface area contributed by atoms with Gasteiger partial charge >= 0.3 is 6.01 Å². The fourth-order valence-electron chi connectivity index (χ4n) is 7.50. The van der Waals surface area contributed by atoms with Crippen LogP contribution >= 0.6 is 0 Å². The number of aryl methyl sites for hydroxylation is 1. The number of alkyl halides is 2. The van der Waals surface area contributed by atoms with E-state index in [-0.39, 0.29) is 55.3 Å². The molecule has 2 aromatic carbocycles. The highest BCUT2D eigenvalue weighted by molar-refractivity contribution is 5.97. The van der Waals surface area contributed by atoms with Gasteiger partial charge in [-0.05, 0) is 63.2 Å². The Labute approximate surface area is 282 Å². The van der Waals surface area contributed by atoms with Crippen LogP contribution in [0.1, 0.15) is 43.5 Å². The maximum atomic E-state index is 13.6. The molecule has 6 rings (SSSR count). The molecule has 11 heteroatoms. The number of piperazine rings is 1. The molecular weight excluding hydrogens is 612 g/mol. The van der Waals surface area contributed by atoms with Crippen molar-refractivity contribution in [2.45, 2.75) is 70.6 Å². The van der Waals surface area contributed by atoms with Crippen LogP contribution in [0.2, 0.25) is 0 Å². The monoisotopic (exact) mass is 657 g/mol. The number of nitrogens with zero attached hydrogens (tertiary/aromatic N) is 7. The van der Waals surface area contributed by atoms with Gasteiger partial charge in [0.1, 0.15) is 18.5 Å². The average molecular weight is 658 g/mol. The van der Waals surface area contributed by atoms with Gasteiger partial charge in [0.15, 0.2) is 0 Å². The molecule has 0 N–H and O–H groups in total. The van der Waals surface area contributed by atoms with Gasteiger partial charge in [-0.1, -0.05) is 36.9 Å². The molecule has 9 nitrogen and oxygen atoms in total. The van der Waals surface area contributed by atoms with E-state index in [2.05, 4.69) is 69.4 Å². The smallest absolute Gasteiger partial charge is 0.318 e. The number of hydrogen-bond acceptors (Lipinski definition) is 7. The second kappa shape index (κ2) is 13.7. The van der Waals surface area contributed by atoms with Gasteiger partial charge in [0, 0.05) is 67.7 Å². The number of hydrogen-bond donors (Lipinski definition) is 0. The van der Waals surface area contributed by atoms with Crippen LogP contribution in [0.15, 0.2) is 49.1 Å². The van der Waals surface area contributed by atoms with Crippen molar-refractivity contribution in [2.24, 2.45) is 5.92 Å². The van der Waals surface area contributed by atoms with Crippen LogP contribution in [0.5, 0.6) is 6.01 Å². The maximum Gasteiger partial charge on any atom is 0.318 e. The van der Waals surface area contributed by atoms with Gasteiger partial charge in [0.05, 0.1) is 12.2 Å². The summed E-state index contributed by atoms with van der Waals surface area (Å²) in [6, 6.07) is 12.7. The summed E-state index contributed by atoms with van der Waals surface area (Å²) >= 11 is 0. The molecule has 3 atom stereocenters. The van der Waals surface area contributed by atoms with E-state index in [9.17, 15) is 13.6 Å². The first-order valence-corrected chi connectivity index (χ1v) is 16.9. The molecule has 0 bridgehead atoms. The second-order valence-corrected chi connectivity index (χ2v) is 13.6. The highest BCUT2D eigenvalue weighted by Gasteiger charge is 2.48. The summed E-state index contributed by atoms with van der Waals surface area (Å²) in [5, 5.41) is 2.43. The van der Waals surface area contributed by atoms with Crippen LogP contribution in [0.25, 0.3) is 15.6 Å². The van der Waals surface area contributed by atoms with Crippen molar-refractivity contribution < 1.29 is 18.3 Å². The zero-order valence-corrected chi connectivity index (χ0v) is 28.3. The molecule has 0 radical (unpaired) electrons. The highest BCUT2D eigenvalue weighted by Crippen LogP contribution is 2.45. The van der Waals surface area contributed by atoms with E-state index >= 15 is 0 Å². The average Bonchev–Trinajstić information content (AvgIpc) is 3.07. The lowest BCUT2D eigenvalue weighted by Gasteiger charge is -2.43. The Morgan fingerprint density at radius 3 is 2.62 bits per heavy atom. The van der Waals surface area contributed by atoms with E-state index in [4.69, 9.17) is 21.3 Å². The molecule has 3 aliphatic rings. The first-order chi connectivity index (χ1) is 23.0. The number of aromatic nitrogens is 2. The Hall–Kier alpha value is -4.30. The Balaban J connectivity index is 1.29. The van der Waals surface area contributed by atoms with Crippen molar-refractivity contribution in [3.63, 3.8) is 0 Å². The van der Waals surface area contributed by atoms with Crippen molar-refractivity contribution in [3.05, 3.63) is 77.3 Å². The number of carbonyl (C=O) groups excluding carboxylic acids is 1. The number of fused-ring (bicyclic) bond motifs is 2. The van der Waals surface area contributed by atoms with Crippen molar-refractivity contribution in [3.8, 4) is 6.01 Å². The second-order valence-electron chi connectivity index (χ2n) is 13.6. The lowest BCUT2D eigenvalue weighted by Crippen LogP contribution is -2.56. The summed E-state index contributed by atoms with van der Waals surface area (Å²) in [7, 11) is 1.96. The van der Waals surface area contributed by atoms with Crippen molar-refractivity contribution in [1.82, 2.24) is 19.8 Å². The summed E-state index contributed by atoms with van der Waals surface area (Å²) < 4.78 is 33.5. The number of ether oxygens (including phenoxy) is 1. The molecule has 1 aromatic heterocycles. The molecule has 1 saturated carbocycles. The summed E-state index contributed by atoms with van der Waals surface area (Å²) in [6.45, 7) is 20.7. The van der Waals surface area contributed by atoms with Crippen LogP contribution in [0.3, 0.4) is 0 Å². The van der Waals surface area contributed by atoms with Crippen LogP contribution in [-0.4, -0.2) is 96.1 Å². The summed E-state index contributed by atoms with van der Waals surface area (Å²) in [5.41, 5.74) is 4.34. The van der Waals surface area contributed by atoms with Crippen molar-refractivity contribution in [1.29, 1.82) is 0 Å². The van der Waals surface area contributed by atoms with Crippen LogP contribution in [0.4, 0.5) is 20.3 Å². The Morgan fingerprint density at radius 2 is 1.92 bits per heavy atom. The largest absolute Gasteiger partial charge is 0.462 e.